The van der Waals surface area contributed by atoms with E-state index in [9.17, 15) is 0 Å². The first-order chi connectivity index (χ1) is 22.2. The Balaban J connectivity index is 1.66. The van der Waals surface area contributed by atoms with Crippen LogP contribution in [0.4, 0.5) is 5.69 Å². The lowest BCUT2D eigenvalue weighted by molar-refractivity contribution is 0.810. The number of aryl methyl sites for hydroxylation is 2. The van der Waals surface area contributed by atoms with Crippen LogP contribution in [0, 0.1) is 13.8 Å². The van der Waals surface area contributed by atoms with Crippen molar-refractivity contribution in [3.63, 3.8) is 0 Å². The van der Waals surface area contributed by atoms with E-state index < -0.39 is 0 Å². The summed E-state index contributed by atoms with van der Waals surface area (Å²) < 4.78 is 0. The maximum Gasteiger partial charge on any atom is 0.0809 e. The van der Waals surface area contributed by atoms with E-state index >= 15 is 0 Å². The zero-order valence-corrected chi connectivity index (χ0v) is 25.9. The van der Waals surface area contributed by atoms with Gasteiger partial charge in [-0.3, -0.25) is 0 Å². The molecule has 0 amide bonds. The number of anilines is 1. The average Bonchev–Trinajstić information content (AvgIpc) is 3.48. The highest BCUT2D eigenvalue weighted by Crippen LogP contribution is 2.50. The molecule has 6 aromatic carbocycles. The summed E-state index contributed by atoms with van der Waals surface area (Å²) in [6.07, 6.45) is 0. The molecule has 45 heavy (non-hydrogen) atoms. The second kappa shape index (κ2) is 12.7. The van der Waals surface area contributed by atoms with Crippen LogP contribution < -0.4 is 4.90 Å². The molecular weight excluding hydrogens is 542 g/mol. The molecule has 1 heteroatoms. The van der Waals surface area contributed by atoms with Crippen molar-refractivity contribution in [1.29, 1.82) is 0 Å². The monoisotopic (exact) mass is 579 g/mol. The van der Waals surface area contributed by atoms with Crippen molar-refractivity contribution in [2.24, 2.45) is 0 Å². The van der Waals surface area contributed by atoms with Crippen LogP contribution in [0.2, 0.25) is 0 Å². The lowest BCUT2D eigenvalue weighted by Gasteiger charge is -2.29. The molecule has 0 spiro atoms. The highest BCUT2D eigenvalue weighted by molar-refractivity contribution is 5.95. The summed E-state index contributed by atoms with van der Waals surface area (Å²) in [6, 6.07) is 62.0. The molecule has 1 saturated heterocycles. The number of benzene rings is 6. The molecule has 1 unspecified atom stereocenters. The number of para-hydroxylation sites is 1. The first-order valence-electron chi connectivity index (χ1n) is 15.8. The molecule has 6 aromatic rings. The standard InChI is InChI=1S/C44H37N/c1-32-23-27-36(28-24-32)41(37-29-25-33(2)26-30-37)40-31-45(39-21-13-6-14-22-39)44(38-19-11-5-12-20-38)43(40)42(34-15-7-3-8-16-34)35-17-9-4-10-18-35/h3-30,44H,31H2,1-2H3. The van der Waals surface area contributed by atoms with E-state index in [0.29, 0.717) is 0 Å². The van der Waals surface area contributed by atoms with Gasteiger partial charge in [-0.15, -0.1) is 0 Å². The summed E-state index contributed by atoms with van der Waals surface area (Å²) in [5.74, 6) is 0. The van der Waals surface area contributed by atoms with Gasteiger partial charge in [-0.05, 0) is 76.1 Å². The fourth-order valence-electron chi connectivity index (χ4n) is 6.65. The van der Waals surface area contributed by atoms with E-state index in [4.69, 9.17) is 0 Å². The van der Waals surface area contributed by atoms with Crippen LogP contribution in [0.25, 0.3) is 11.1 Å². The Morgan fingerprint density at radius 1 is 0.444 bits per heavy atom. The normalized spacial score (nSPS) is 14.4. The van der Waals surface area contributed by atoms with E-state index in [2.05, 4.69) is 189 Å². The predicted octanol–water partition coefficient (Wildman–Crippen LogP) is 10.9. The summed E-state index contributed by atoms with van der Waals surface area (Å²) >= 11 is 0. The molecule has 218 valence electrons. The number of hydrogen-bond acceptors (Lipinski definition) is 1. The molecule has 0 N–H and O–H groups in total. The summed E-state index contributed by atoms with van der Waals surface area (Å²) in [6.45, 7) is 5.10. The Hall–Kier alpha value is -5.40. The Morgan fingerprint density at radius 2 is 0.844 bits per heavy atom. The van der Waals surface area contributed by atoms with E-state index in [-0.39, 0.29) is 6.04 Å². The molecule has 1 aliphatic rings. The third kappa shape index (κ3) is 5.78. The quantitative estimate of drug-likeness (QED) is 0.190. The van der Waals surface area contributed by atoms with Gasteiger partial charge in [-0.25, -0.2) is 0 Å². The fourth-order valence-corrected chi connectivity index (χ4v) is 6.65. The average molecular weight is 580 g/mol. The minimum Gasteiger partial charge on any atom is -0.356 e. The van der Waals surface area contributed by atoms with Crippen LogP contribution in [-0.2, 0) is 0 Å². The highest BCUT2D eigenvalue weighted by atomic mass is 15.2. The van der Waals surface area contributed by atoms with E-state index in [0.717, 1.165) is 6.54 Å². The highest BCUT2D eigenvalue weighted by Gasteiger charge is 2.39. The van der Waals surface area contributed by atoms with Gasteiger partial charge in [-0.2, -0.15) is 0 Å². The van der Waals surface area contributed by atoms with Gasteiger partial charge < -0.3 is 4.90 Å². The van der Waals surface area contributed by atoms with Gasteiger partial charge >= 0.3 is 0 Å². The molecule has 1 heterocycles. The van der Waals surface area contributed by atoms with Gasteiger partial charge in [-0.1, -0.05) is 169 Å². The first kappa shape index (κ1) is 28.4. The number of hydrogen-bond donors (Lipinski definition) is 0. The van der Waals surface area contributed by atoms with E-state index in [1.165, 1.54) is 66.9 Å². The van der Waals surface area contributed by atoms with Gasteiger partial charge in [0.15, 0.2) is 0 Å². The van der Waals surface area contributed by atoms with Crippen LogP contribution in [0.15, 0.2) is 181 Å². The molecule has 0 bridgehead atoms. The topological polar surface area (TPSA) is 3.24 Å². The minimum absolute atomic E-state index is 0.00455. The lowest BCUT2D eigenvalue weighted by atomic mass is 9.81. The van der Waals surface area contributed by atoms with Gasteiger partial charge in [0, 0.05) is 12.2 Å². The van der Waals surface area contributed by atoms with Crippen molar-refractivity contribution in [3.05, 3.63) is 220 Å². The maximum atomic E-state index is 2.59. The Kier molecular flexibility index (Phi) is 8.00. The summed E-state index contributed by atoms with van der Waals surface area (Å²) in [5, 5.41) is 0. The van der Waals surface area contributed by atoms with Gasteiger partial charge in [0.1, 0.15) is 0 Å². The van der Waals surface area contributed by atoms with Crippen molar-refractivity contribution in [1.82, 2.24) is 0 Å². The second-order valence-corrected chi connectivity index (χ2v) is 11.9. The van der Waals surface area contributed by atoms with E-state index in [1.54, 1.807) is 0 Å². The Morgan fingerprint density at radius 3 is 1.31 bits per heavy atom. The van der Waals surface area contributed by atoms with Crippen LogP contribution in [0.1, 0.15) is 45.0 Å². The van der Waals surface area contributed by atoms with Gasteiger partial charge in [0.2, 0.25) is 0 Å². The Bertz CT molecular complexity index is 1850. The molecule has 1 nitrogen and oxygen atoms in total. The molecule has 0 radical (unpaired) electrons. The second-order valence-electron chi connectivity index (χ2n) is 11.9. The zero-order chi connectivity index (χ0) is 30.6. The minimum atomic E-state index is 0.00455. The third-order valence-electron chi connectivity index (χ3n) is 8.82. The van der Waals surface area contributed by atoms with Crippen LogP contribution >= 0.6 is 0 Å². The fraction of sp³-hybridized carbons (Fsp3) is 0.0909. The molecule has 0 saturated carbocycles. The van der Waals surface area contributed by atoms with Crippen molar-refractivity contribution >= 4 is 16.8 Å². The number of rotatable bonds is 6. The molecular formula is C44H37N. The SMILES string of the molecule is Cc1ccc(C(=C2CN(c3ccccc3)C(c3ccccc3)C2=C(c2ccccc2)c2ccccc2)c2ccc(C)cc2)cc1. The van der Waals surface area contributed by atoms with Crippen molar-refractivity contribution in [3.8, 4) is 0 Å². The van der Waals surface area contributed by atoms with Crippen molar-refractivity contribution < 1.29 is 0 Å². The zero-order valence-electron chi connectivity index (χ0n) is 25.9. The van der Waals surface area contributed by atoms with Crippen LogP contribution in [0.5, 0.6) is 0 Å². The van der Waals surface area contributed by atoms with Gasteiger partial charge in [0.25, 0.3) is 0 Å². The molecule has 1 fully saturated rings. The molecule has 0 aromatic heterocycles. The maximum absolute atomic E-state index is 2.59. The van der Waals surface area contributed by atoms with Crippen LogP contribution in [0.3, 0.4) is 0 Å². The largest absolute Gasteiger partial charge is 0.356 e. The summed E-state index contributed by atoms with van der Waals surface area (Å²) in [5.41, 5.74) is 15.2. The van der Waals surface area contributed by atoms with Gasteiger partial charge in [0.05, 0.1) is 6.04 Å². The molecule has 0 aliphatic carbocycles. The predicted molar refractivity (Wildman–Crippen MR) is 190 cm³/mol. The summed E-state index contributed by atoms with van der Waals surface area (Å²) in [4.78, 5) is 2.59. The lowest BCUT2D eigenvalue weighted by Crippen LogP contribution is -2.23. The molecule has 1 atom stereocenters. The van der Waals surface area contributed by atoms with Crippen molar-refractivity contribution in [2.75, 3.05) is 11.4 Å². The molecule has 7 rings (SSSR count). The third-order valence-corrected chi connectivity index (χ3v) is 8.82. The van der Waals surface area contributed by atoms with E-state index in [1.807, 2.05) is 0 Å². The smallest absolute Gasteiger partial charge is 0.0809 e. The van der Waals surface area contributed by atoms with Crippen molar-refractivity contribution in [2.45, 2.75) is 19.9 Å². The Labute approximate surface area is 267 Å². The summed E-state index contributed by atoms with van der Waals surface area (Å²) in [7, 11) is 0. The first-order valence-corrected chi connectivity index (χ1v) is 15.8. The van der Waals surface area contributed by atoms with Crippen LogP contribution in [-0.4, -0.2) is 6.54 Å². The number of nitrogens with zero attached hydrogens (tertiary/aromatic N) is 1. The molecule has 1 aliphatic heterocycles.